The minimum atomic E-state index is -4.53. The first kappa shape index (κ1) is 15.2. The van der Waals surface area contributed by atoms with Crippen LogP contribution >= 0.6 is 0 Å². The summed E-state index contributed by atoms with van der Waals surface area (Å²) >= 11 is 0. The molecule has 0 aromatic carbocycles. The van der Waals surface area contributed by atoms with E-state index in [9.17, 15) is 18.0 Å². The maximum Gasteiger partial charge on any atom is 0.397 e. The normalized spacial score (nSPS) is 21.1. The van der Waals surface area contributed by atoms with Crippen molar-refractivity contribution in [3.8, 4) is 0 Å². The largest absolute Gasteiger partial charge is 0.397 e. The van der Waals surface area contributed by atoms with Crippen molar-refractivity contribution >= 4 is 12.1 Å². The van der Waals surface area contributed by atoms with Crippen LogP contribution in [0.5, 0.6) is 0 Å². The molecule has 0 aliphatic carbocycles. The molecule has 0 saturated heterocycles. The molecule has 0 aromatic heterocycles. The highest BCUT2D eigenvalue weighted by atomic mass is 19.4. The van der Waals surface area contributed by atoms with Gasteiger partial charge in [-0.15, -0.1) is 0 Å². The lowest BCUT2D eigenvalue weighted by Crippen LogP contribution is -2.34. The van der Waals surface area contributed by atoms with Gasteiger partial charge in [-0.25, -0.2) is 4.99 Å². The second kappa shape index (κ2) is 6.36. The van der Waals surface area contributed by atoms with E-state index in [1.165, 1.54) is 6.21 Å². The van der Waals surface area contributed by atoms with E-state index < -0.39 is 18.5 Å². The number of carbonyl (C=O) groups is 1. The van der Waals surface area contributed by atoms with E-state index >= 15 is 0 Å². The predicted octanol–water partition coefficient (Wildman–Crippen LogP) is 3.22. The van der Waals surface area contributed by atoms with Gasteiger partial charge in [-0.2, -0.15) is 13.2 Å². The molecular formula is C13H15F3N2O. The van der Waals surface area contributed by atoms with Crippen molar-refractivity contribution < 1.29 is 18.0 Å². The lowest BCUT2D eigenvalue weighted by atomic mass is 10.1. The van der Waals surface area contributed by atoms with Crippen molar-refractivity contribution in [2.24, 2.45) is 4.99 Å². The Hall–Kier alpha value is -1.85. The van der Waals surface area contributed by atoms with E-state index in [1.807, 2.05) is 6.08 Å². The van der Waals surface area contributed by atoms with Crippen LogP contribution in [0.25, 0.3) is 0 Å². The molecular weight excluding hydrogens is 257 g/mol. The summed E-state index contributed by atoms with van der Waals surface area (Å²) in [5.41, 5.74) is 0.743. The van der Waals surface area contributed by atoms with Gasteiger partial charge >= 0.3 is 6.18 Å². The number of amides is 1. The van der Waals surface area contributed by atoms with Gasteiger partial charge in [-0.05, 0) is 6.42 Å². The number of aliphatic imine (C=N–C) groups is 1. The number of allylic oxidation sites excluding steroid dienone is 2. The highest BCUT2D eigenvalue weighted by Crippen LogP contribution is 2.22. The zero-order valence-corrected chi connectivity index (χ0v) is 10.4. The molecule has 0 radical (unpaired) electrons. The molecule has 0 unspecified atom stereocenters. The van der Waals surface area contributed by atoms with Crippen LogP contribution in [-0.2, 0) is 4.79 Å². The lowest BCUT2D eigenvalue weighted by molar-refractivity contribution is -0.159. The highest BCUT2D eigenvalue weighted by molar-refractivity contribution is 5.79. The minimum absolute atomic E-state index is 0.0253. The third-order valence-electron chi connectivity index (χ3n) is 2.46. The fourth-order valence-corrected chi connectivity index (χ4v) is 1.53. The molecule has 1 amide bonds. The second-order valence-corrected chi connectivity index (χ2v) is 4.11. The Balaban J connectivity index is 2.83. The maximum absolute atomic E-state index is 12.2. The van der Waals surface area contributed by atoms with Crippen molar-refractivity contribution in [1.29, 1.82) is 0 Å². The molecule has 1 aliphatic rings. The van der Waals surface area contributed by atoms with Crippen LogP contribution in [0.1, 0.15) is 19.3 Å². The molecule has 0 saturated carbocycles. The average molecular weight is 272 g/mol. The van der Waals surface area contributed by atoms with Crippen LogP contribution in [0.4, 0.5) is 13.2 Å². The Bertz CT molecular complexity index is 436. The highest BCUT2D eigenvalue weighted by Gasteiger charge is 2.34. The molecule has 0 aromatic rings. The van der Waals surface area contributed by atoms with Crippen LogP contribution in [0.2, 0.25) is 0 Å². The molecule has 3 nitrogen and oxygen atoms in total. The van der Waals surface area contributed by atoms with Crippen molar-refractivity contribution in [1.82, 2.24) is 4.90 Å². The Morgan fingerprint density at radius 2 is 2.11 bits per heavy atom. The molecule has 19 heavy (non-hydrogen) atoms. The van der Waals surface area contributed by atoms with Crippen LogP contribution in [0.3, 0.4) is 0 Å². The van der Waals surface area contributed by atoms with Crippen LogP contribution < -0.4 is 0 Å². The fourth-order valence-electron chi connectivity index (χ4n) is 1.53. The molecule has 0 bridgehead atoms. The summed E-state index contributed by atoms with van der Waals surface area (Å²) < 4.78 is 36.7. The zero-order valence-electron chi connectivity index (χ0n) is 10.4. The van der Waals surface area contributed by atoms with E-state index in [2.05, 4.69) is 18.2 Å². The van der Waals surface area contributed by atoms with Gasteiger partial charge in [0.1, 0.15) is 12.2 Å². The summed E-state index contributed by atoms with van der Waals surface area (Å²) in [5, 5.41) is 0. The average Bonchev–Trinajstić information content (AvgIpc) is 2.26. The third-order valence-corrected chi connectivity index (χ3v) is 2.46. The van der Waals surface area contributed by atoms with E-state index in [4.69, 9.17) is 0 Å². The van der Waals surface area contributed by atoms with Gasteiger partial charge in [0.25, 0.3) is 0 Å². The van der Waals surface area contributed by atoms with Gasteiger partial charge in [0, 0.05) is 19.2 Å². The zero-order chi connectivity index (χ0) is 14.5. The van der Waals surface area contributed by atoms with E-state index in [0.717, 1.165) is 10.5 Å². The summed E-state index contributed by atoms with van der Waals surface area (Å²) in [6.07, 6.45) is -0.0464. The molecule has 1 aliphatic heterocycles. The van der Waals surface area contributed by atoms with Crippen molar-refractivity contribution in [3.63, 3.8) is 0 Å². The topological polar surface area (TPSA) is 32.7 Å². The molecule has 0 spiro atoms. The second-order valence-electron chi connectivity index (χ2n) is 4.11. The number of rotatable bonds is 1. The van der Waals surface area contributed by atoms with Crippen molar-refractivity contribution in [3.05, 3.63) is 36.7 Å². The Labute approximate surface area is 109 Å². The lowest BCUT2D eigenvalue weighted by Gasteiger charge is -2.23. The molecule has 1 rings (SSSR count). The smallest absolute Gasteiger partial charge is 0.297 e. The van der Waals surface area contributed by atoms with Gasteiger partial charge in [0.05, 0.1) is 0 Å². The predicted molar refractivity (Wildman–Crippen MR) is 67.5 cm³/mol. The van der Waals surface area contributed by atoms with Crippen LogP contribution in [0, 0.1) is 0 Å². The van der Waals surface area contributed by atoms with Gasteiger partial charge in [0.15, 0.2) is 0 Å². The van der Waals surface area contributed by atoms with Crippen molar-refractivity contribution in [2.75, 3.05) is 6.54 Å². The number of hydrogen-bond donors (Lipinski definition) is 0. The molecule has 0 fully saturated rings. The van der Waals surface area contributed by atoms with Gasteiger partial charge in [0.2, 0.25) is 5.91 Å². The standard InChI is InChI=1S/C13H15F3N2O/c1-10-5-3-4-7-17-11(2)18(8-6-10)12(19)9-13(14,15)16/h3,5,7H,1-2,4,6,8-9H2/b5-3-,17-7-. The number of alkyl halides is 3. The molecule has 0 N–H and O–H groups in total. The van der Waals surface area contributed by atoms with E-state index in [0.29, 0.717) is 12.8 Å². The molecule has 1 heterocycles. The van der Waals surface area contributed by atoms with Crippen LogP contribution in [-0.4, -0.2) is 29.7 Å². The summed E-state index contributed by atoms with van der Waals surface area (Å²) in [6, 6.07) is 0. The summed E-state index contributed by atoms with van der Waals surface area (Å²) in [7, 11) is 0. The molecule has 0 atom stereocenters. The van der Waals surface area contributed by atoms with Crippen molar-refractivity contribution in [2.45, 2.75) is 25.4 Å². The van der Waals surface area contributed by atoms with Crippen LogP contribution in [0.15, 0.2) is 41.7 Å². The third kappa shape index (κ3) is 5.54. The monoisotopic (exact) mass is 272 g/mol. The summed E-state index contributed by atoms with van der Waals surface area (Å²) in [4.78, 5) is 16.5. The van der Waals surface area contributed by atoms with Gasteiger partial charge in [-0.3, -0.25) is 9.69 Å². The quantitative estimate of drug-likeness (QED) is 0.721. The minimum Gasteiger partial charge on any atom is -0.297 e. The summed E-state index contributed by atoms with van der Waals surface area (Å²) in [6.45, 7) is 7.38. The van der Waals surface area contributed by atoms with Gasteiger partial charge < -0.3 is 0 Å². The SMILES string of the molecule is C=C1/C=C\C/C=N\C(=C)N(C(=O)CC(F)(F)F)CC1. The Kier molecular flexibility index (Phi) is 5.09. The van der Waals surface area contributed by atoms with Gasteiger partial charge in [-0.1, -0.05) is 30.9 Å². The fraction of sp³-hybridized carbons (Fsp3) is 0.385. The maximum atomic E-state index is 12.2. The first-order valence-corrected chi connectivity index (χ1v) is 5.72. The first-order valence-electron chi connectivity index (χ1n) is 5.72. The number of nitrogens with zero attached hydrogens (tertiary/aromatic N) is 2. The molecule has 6 heteroatoms. The first-order chi connectivity index (χ1) is 8.79. The molecule has 104 valence electrons. The Morgan fingerprint density at radius 1 is 1.42 bits per heavy atom. The number of halogens is 3. The number of carbonyl (C=O) groups excluding carboxylic acids is 1. The van der Waals surface area contributed by atoms with E-state index in [-0.39, 0.29) is 12.4 Å². The Morgan fingerprint density at radius 3 is 2.74 bits per heavy atom. The van der Waals surface area contributed by atoms with E-state index in [1.54, 1.807) is 6.08 Å². The summed E-state index contributed by atoms with van der Waals surface area (Å²) in [5.74, 6) is -1.02. The number of hydrogen-bond acceptors (Lipinski definition) is 2.